The van der Waals surface area contributed by atoms with E-state index in [-0.39, 0.29) is 28.0 Å². The molecule has 36 heavy (non-hydrogen) atoms. The standard InChI is InChI=1S/C25H25F2N5O3S/c26-15-11-9-14(10-12-15)21(24(34)30-17-6-2-1-3-7-17)32(18-8-4-5-16(27)13-18)25(35)22-19(28)20(23(29)33)31-36-22/h4-5,8-13,17,21H,1-3,6-7,28H2,(H2,29,33)(H,30,34). The van der Waals surface area contributed by atoms with E-state index in [4.69, 9.17) is 11.5 Å². The summed E-state index contributed by atoms with van der Waals surface area (Å²) in [6, 6.07) is 8.94. The number of hydrogen-bond acceptors (Lipinski definition) is 6. The first kappa shape index (κ1) is 25.2. The quantitative estimate of drug-likeness (QED) is 0.440. The average molecular weight is 514 g/mol. The monoisotopic (exact) mass is 513 g/mol. The van der Waals surface area contributed by atoms with Crippen LogP contribution in [0.2, 0.25) is 0 Å². The molecule has 1 atom stereocenters. The number of benzene rings is 2. The molecule has 0 radical (unpaired) electrons. The lowest BCUT2D eigenvalue weighted by Gasteiger charge is -2.33. The number of halogens is 2. The average Bonchev–Trinajstić information content (AvgIpc) is 3.25. The molecule has 4 rings (SSSR count). The van der Waals surface area contributed by atoms with Crippen LogP contribution in [0.3, 0.4) is 0 Å². The van der Waals surface area contributed by atoms with Crippen molar-refractivity contribution in [1.29, 1.82) is 0 Å². The van der Waals surface area contributed by atoms with Gasteiger partial charge in [-0.25, -0.2) is 8.78 Å². The van der Waals surface area contributed by atoms with Crippen LogP contribution < -0.4 is 21.7 Å². The predicted octanol–water partition coefficient (Wildman–Crippen LogP) is 3.94. The number of aromatic nitrogens is 1. The third kappa shape index (κ3) is 5.35. The number of anilines is 2. The van der Waals surface area contributed by atoms with Crippen molar-refractivity contribution in [2.75, 3.05) is 10.6 Å². The molecule has 1 fully saturated rings. The largest absolute Gasteiger partial charge is 0.395 e. The molecule has 5 N–H and O–H groups in total. The fraction of sp³-hybridized carbons (Fsp3) is 0.280. The van der Waals surface area contributed by atoms with Crippen LogP contribution in [-0.4, -0.2) is 28.1 Å². The highest BCUT2D eigenvalue weighted by Gasteiger charge is 2.37. The van der Waals surface area contributed by atoms with Gasteiger partial charge in [0, 0.05) is 11.7 Å². The van der Waals surface area contributed by atoms with Crippen LogP contribution in [0.1, 0.15) is 63.9 Å². The Bertz CT molecular complexity index is 1270. The lowest BCUT2D eigenvalue weighted by molar-refractivity contribution is -0.123. The van der Waals surface area contributed by atoms with E-state index in [0.717, 1.165) is 43.1 Å². The maximum absolute atomic E-state index is 14.3. The van der Waals surface area contributed by atoms with Crippen molar-refractivity contribution in [3.8, 4) is 0 Å². The van der Waals surface area contributed by atoms with Crippen molar-refractivity contribution in [3.63, 3.8) is 0 Å². The van der Waals surface area contributed by atoms with Crippen LogP contribution in [-0.2, 0) is 4.79 Å². The summed E-state index contributed by atoms with van der Waals surface area (Å²) in [7, 11) is 0. The molecule has 1 saturated carbocycles. The molecule has 2 aromatic carbocycles. The zero-order valence-corrected chi connectivity index (χ0v) is 20.1. The molecule has 8 nitrogen and oxygen atoms in total. The number of rotatable bonds is 7. The predicted molar refractivity (Wildman–Crippen MR) is 132 cm³/mol. The number of carbonyl (C=O) groups excluding carboxylic acids is 3. The molecule has 0 aliphatic heterocycles. The van der Waals surface area contributed by atoms with Gasteiger partial charge in [-0.2, -0.15) is 4.37 Å². The second-order valence-corrected chi connectivity index (χ2v) is 9.36. The molecular formula is C25H25F2N5O3S. The number of hydrogen-bond donors (Lipinski definition) is 3. The van der Waals surface area contributed by atoms with Crippen LogP contribution in [0.5, 0.6) is 0 Å². The molecule has 0 saturated heterocycles. The topological polar surface area (TPSA) is 131 Å². The number of nitrogens with two attached hydrogens (primary N) is 2. The summed E-state index contributed by atoms with van der Waals surface area (Å²) in [6.07, 6.45) is 4.59. The molecule has 1 unspecified atom stereocenters. The van der Waals surface area contributed by atoms with Gasteiger partial charge in [0.25, 0.3) is 11.8 Å². The zero-order valence-electron chi connectivity index (χ0n) is 19.2. The van der Waals surface area contributed by atoms with E-state index in [1.54, 1.807) is 0 Å². The number of primary amides is 1. The van der Waals surface area contributed by atoms with Gasteiger partial charge in [0.2, 0.25) is 5.91 Å². The maximum Gasteiger partial charge on any atom is 0.273 e. The molecule has 3 amide bonds. The summed E-state index contributed by atoms with van der Waals surface area (Å²) in [4.78, 5) is 40.2. The molecule has 1 aliphatic rings. The highest BCUT2D eigenvalue weighted by Crippen LogP contribution is 2.34. The second kappa shape index (κ2) is 10.8. The van der Waals surface area contributed by atoms with Crippen LogP contribution in [0, 0.1) is 11.6 Å². The highest BCUT2D eigenvalue weighted by molar-refractivity contribution is 7.09. The molecule has 1 heterocycles. The van der Waals surface area contributed by atoms with Crippen LogP contribution in [0.4, 0.5) is 20.2 Å². The van der Waals surface area contributed by atoms with Gasteiger partial charge in [0.15, 0.2) is 5.69 Å². The van der Waals surface area contributed by atoms with Crippen LogP contribution >= 0.6 is 11.5 Å². The van der Waals surface area contributed by atoms with Crippen molar-refractivity contribution in [2.24, 2.45) is 5.73 Å². The summed E-state index contributed by atoms with van der Waals surface area (Å²) in [5.41, 5.74) is 11.2. The fourth-order valence-corrected chi connectivity index (χ4v) is 5.08. The third-order valence-corrected chi connectivity index (χ3v) is 6.96. The summed E-state index contributed by atoms with van der Waals surface area (Å²) in [5, 5.41) is 3.00. The van der Waals surface area contributed by atoms with Crippen molar-refractivity contribution in [3.05, 3.63) is 76.3 Å². The lowest BCUT2D eigenvalue weighted by Crippen LogP contribution is -2.47. The fourth-order valence-electron chi connectivity index (χ4n) is 4.34. The summed E-state index contributed by atoms with van der Waals surface area (Å²) in [6.45, 7) is 0. The summed E-state index contributed by atoms with van der Waals surface area (Å²) < 4.78 is 31.9. The third-order valence-electron chi connectivity index (χ3n) is 6.10. The molecule has 0 spiro atoms. The Morgan fingerprint density at radius 2 is 1.72 bits per heavy atom. The van der Waals surface area contributed by atoms with Crippen molar-refractivity contribution in [2.45, 2.75) is 44.2 Å². The number of nitrogens with one attached hydrogen (secondary N) is 1. The highest BCUT2D eigenvalue weighted by atomic mass is 32.1. The normalized spacial score (nSPS) is 14.7. The Labute approximate surface area is 210 Å². The molecule has 0 bridgehead atoms. The van der Waals surface area contributed by atoms with Crippen molar-refractivity contribution in [1.82, 2.24) is 9.69 Å². The summed E-state index contributed by atoms with van der Waals surface area (Å²) in [5.74, 6) is -3.36. The van der Waals surface area contributed by atoms with Crippen LogP contribution in [0.25, 0.3) is 0 Å². The van der Waals surface area contributed by atoms with Gasteiger partial charge in [0.1, 0.15) is 22.6 Å². The first-order valence-corrected chi connectivity index (χ1v) is 12.2. The molecule has 3 aromatic rings. The second-order valence-electron chi connectivity index (χ2n) is 8.59. The van der Waals surface area contributed by atoms with E-state index in [1.165, 1.54) is 42.5 Å². The van der Waals surface area contributed by atoms with Crippen molar-refractivity contribution >= 4 is 40.6 Å². The van der Waals surface area contributed by atoms with Gasteiger partial charge in [-0.1, -0.05) is 37.5 Å². The first-order valence-electron chi connectivity index (χ1n) is 11.5. The van der Waals surface area contributed by atoms with Gasteiger partial charge >= 0.3 is 0 Å². The SMILES string of the molecule is NC(=O)c1nsc(C(=O)N(c2cccc(F)c2)C(C(=O)NC2CCCCC2)c2ccc(F)cc2)c1N. The van der Waals surface area contributed by atoms with E-state index < -0.39 is 35.4 Å². The molecule has 1 aromatic heterocycles. The number of carbonyl (C=O) groups is 3. The van der Waals surface area contributed by atoms with Gasteiger partial charge in [0.05, 0.1) is 5.69 Å². The number of nitrogen functional groups attached to an aromatic ring is 1. The maximum atomic E-state index is 14.3. The molecular weight excluding hydrogens is 488 g/mol. The van der Waals surface area contributed by atoms with E-state index in [1.807, 2.05) is 0 Å². The van der Waals surface area contributed by atoms with E-state index in [0.29, 0.717) is 17.1 Å². The Morgan fingerprint density at radius 1 is 1.03 bits per heavy atom. The zero-order chi connectivity index (χ0) is 25.8. The number of nitrogens with zero attached hydrogens (tertiary/aromatic N) is 2. The van der Waals surface area contributed by atoms with E-state index in [9.17, 15) is 23.2 Å². The first-order chi connectivity index (χ1) is 17.3. The van der Waals surface area contributed by atoms with Gasteiger partial charge in [-0.05, 0) is 60.3 Å². The summed E-state index contributed by atoms with van der Waals surface area (Å²) >= 11 is 0.650. The van der Waals surface area contributed by atoms with Crippen LogP contribution in [0.15, 0.2) is 48.5 Å². The smallest absolute Gasteiger partial charge is 0.273 e. The van der Waals surface area contributed by atoms with Gasteiger partial charge in [-0.3, -0.25) is 19.3 Å². The Hall–Kier alpha value is -3.86. The lowest BCUT2D eigenvalue weighted by atomic mass is 9.94. The number of amides is 3. The molecule has 188 valence electrons. The molecule has 1 aliphatic carbocycles. The Morgan fingerprint density at radius 3 is 2.33 bits per heavy atom. The van der Waals surface area contributed by atoms with Crippen molar-refractivity contribution < 1.29 is 23.2 Å². The van der Waals surface area contributed by atoms with Gasteiger partial charge < -0.3 is 16.8 Å². The Balaban J connectivity index is 1.84. The minimum absolute atomic E-state index is 0.0709. The van der Waals surface area contributed by atoms with E-state index >= 15 is 0 Å². The van der Waals surface area contributed by atoms with E-state index in [2.05, 4.69) is 9.69 Å². The minimum Gasteiger partial charge on any atom is -0.395 e. The molecule has 11 heteroatoms. The Kier molecular flexibility index (Phi) is 7.58. The minimum atomic E-state index is -1.29. The van der Waals surface area contributed by atoms with Gasteiger partial charge in [-0.15, -0.1) is 0 Å².